The minimum atomic E-state index is 0.281. The number of ether oxygens (including phenoxy) is 2. The summed E-state index contributed by atoms with van der Waals surface area (Å²) in [5.74, 6) is 0.929. The average molecular weight is 282 g/mol. The molecule has 1 aliphatic carbocycles. The van der Waals surface area contributed by atoms with E-state index in [2.05, 4.69) is 23.8 Å². The number of hydrogen-bond donors (Lipinski definition) is 0. The number of piperidine rings is 1. The number of nitrogens with zero attached hydrogens (tertiary/aromatic N) is 2. The molecular weight excluding hydrogens is 252 g/mol. The summed E-state index contributed by atoms with van der Waals surface area (Å²) >= 11 is 0. The van der Waals surface area contributed by atoms with Crippen molar-refractivity contribution in [3.63, 3.8) is 0 Å². The van der Waals surface area contributed by atoms with Gasteiger partial charge >= 0.3 is 0 Å². The fourth-order valence-corrected chi connectivity index (χ4v) is 3.58. The minimum Gasteiger partial charge on any atom is -0.375 e. The lowest BCUT2D eigenvalue weighted by Crippen LogP contribution is -2.51. The zero-order valence-corrected chi connectivity index (χ0v) is 13.1. The first-order valence-corrected chi connectivity index (χ1v) is 8.36. The van der Waals surface area contributed by atoms with E-state index in [-0.39, 0.29) is 6.10 Å². The van der Waals surface area contributed by atoms with Gasteiger partial charge in [0.2, 0.25) is 0 Å². The fraction of sp³-hybridized carbons (Fsp3) is 1.00. The lowest BCUT2D eigenvalue weighted by atomic mass is 9.85. The average Bonchev–Trinajstić information content (AvgIpc) is 2.39. The molecule has 3 rings (SSSR count). The van der Waals surface area contributed by atoms with E-state index in [1.54, 1.807) is 0 Å². The lowest BCUT2D eigenvalue weighted by molar-refractivity contribution is -0.112. The zero-order valence-electron chi connectivity index (χ0n) is 13.1. The molecule has 0 spiro atoms. The summed E-state index contributed by atoms with van der Waals surface area (Å²) in [4.78, 5) is 5.01. The third kappa shape index (κ3) is 3.73. The van der Waals surface area contributed by atoms with Crippen LogP contribution in [-0.2, 0) is 9.47 Å². The van der Waals surface area contributed by atoms with Crippen molar-refractivity contribution in [1.82, 2.24) is 9.80 Å². The molecule has 0 aromatic rings. The predicted molar refractivity (Wildman–Crippen MR) is 80.0 cm³/mol. The minimum absolute atomic E-state index is 0.281. The Hall–Kier alpha value is -0.160. The lowest BCUT2D eigenvalue weighted by Gasteiger charge is -2.45. The summed E-state index contributed by atoms with van der Waals surface area (Å²) in [6, 6.07) is 0.794. The molecule has 0 bridgehead atoms. The summed E-state index contributed by atoms with van der Waals surface area (Å²) in [6.07, 6.45) is 5.99. The van der Waals surface area contributed by atoms with Gasteiger partial charge < -0.3 is 19.3 Å². The van der Waals surface area contributed by atoms with Gasteiger partial charge in [-0.2, -0.15) is 0 Å². The zero-order chi connectivity index (χ0) is 13.9. The van der Waals surface area contributed by atoms with Crippen LogP contribution in [-0.4, -0.2) is 74.5 Å². The molecule has 0 amide bonds. The molecule has 20 heavy (non-hydrogen) atoms. The first-order valence-electron chi connectivity index (χ1n) is 8.36. The van der Waals surface area contributed by atoms with Crippen LogP contribution in [0.15, 0.2) is 0 Å². The van der Waals surface area contributed by atoms with Crippen molar-refractivity contribution in [2.45, 2.75) is 50.9 Å². The number of hydrogen-bond acceptors (Lipinski definition) is 4. The molecule has 3 fully saturated rings. The van der Waals surface area contributed by atoms with Crippen LogP contribution in [0.25, 0.3) is 0 Å². The Morgan fingerprint density at radius 1 is 1.15 bits per heavy atom. The molecule has 2 aliphatic heterocycles. The second kappa shape index (κ2) is 6.73. The number of morpholine rings is 1. The van der Waals surface area contributed by atoms with Crippen LogP contribution >= 0.6 is 0 Å². The second-order valence-electron chi connectivity index (χ2n) is 7.05. The summed E-state index contributed by atoms with van der Waals surface area (Å²) in [7, 11) is 2.16. The predicted octanol–water partition coefficient (Wildman–Crippen LogP) is 1.60. The van der Waals surface area contributed by atoms with Gasteiger partial charge in [-0.1, -0.05) is 6.92 Å². The Morgan fingerprint density at radius 3 is 2.60 bits per heavy atom. The van der Waals surface area contributed by atoms with Gasteiger partial charge in [-0.05, 0) is 51.7 Å². The van der Waals surface area contributed by atoms with Crippen LogP contribution in [0, 0.1) is 5.92 Å². The van der Waals surface area contributed by atoms with Gasteiger partial charge in [0.1, 0.15) is 0 Å². The van der Waals surface area contributed by atoms with Gasteiger partial charge in [-0.3, -0.25) is 0 Å². The smallest absolute Gasteiger partial charge is 0.0935 e. The van der Waals surface area contributed by atoms with Crippen LogP contribution in [0.3, 0.4) is 0 Å². The molecule has 2 saturated heterocycles. The topological polar surface area (TPSA) is 24.9 Å². The molecule has 0 radical (unpaired) electrons. The maximum absolute atomic E-state index is 6.03. The molecular formula is C16H30N2O2. The third-order valence-corrected chi connectivity index (χ3v) is 5.26. The quantitative estimate of drug-likeness (QED) is 0.782. The normalized spacial score (nSPS) is 37.8. The highest BCUT2D eigenvalue weighted by molar-refractivity contribution is 4.90. The van der Waals surface area contributed by atoms with Crippen molar-refractivity contribution in [3.05, 3.63) is 0 Å². The highest BCUT2D eigenvalue weighted by Gasteiger charge is 2.36. The Labute approximate surface area is 123 Å². The molecule has 116 valence electrons. The monoisotopic (exact) mass is 282 g/mol. The van der Waals surface area contributed by atoms with E-state index in [4.69, 9.17) is 9.47 Å². The van der Waals surface area contributed by atoms with Crippen molar-refractivity contribution in [3.8, 4) is 0 Å². The van der Waals surface area contributed by atoms with E-state index in [0.29, 0.717) is 6.10 Å². The van der Waals surface area contributed by atoms with Crippen molar-refractivity contribution in [2.24, 2.45) is 5.92 Å². The standard InChI is InChI=1S/C16H30N2O2/c1-13-3-5-18(6-4-13)14-9-15(10-14)20-12-16-11-17(2)7-8-19-16/h13-16H,3-12H2,1-2H3/t14?,15?,16-/m1/s1. The third-order valence-electron chi connectivity index (χ3n) is 5.26. The Balaban J connectivity index is 1.30. The summed E-state index contributed by atoms with van der Waals surface area (Å²) < 4.78 is 11.8. The van der Waals surface area contributed by atoms with E-state index in [9.17, 15) is 0 Å². The molecule has 2 heterocycles. The summed E-state index contributed by atoms with van der Waals surface area (Å²) in [5.41, 5.74) is 0. The van der Waals surface area contributed by atoms with Gasteiger partial charge in [0.25, 0.3) is 0 Å². The van der Waals surface area contributed by atoms with E-state index < -0.39 is 0 Å². The van der Waals surface area contributed by atoms with E-state index in [1.165, 1.54) is 38.8 Å². The van der Waals surface area contributed by atoms with Gasteiger partial charge in [-0.15, -0.1) is 0 Å². The van der Waals surface area contributed by atoms with Crippen LogP contribution in [0.5, 0.6) is 0 Å². The maximum Gasteiger partial charge on any atom is 0.0935 e. The molecule has 0 aromatic heterocycles. The molecule has 4 nitrogen and oxygen atoms in total. The van der Waals surface area contributed by atoms with Crippen molar-refractivity contribution in [1.29, 1.82) is 0 Å². The SMILES string of the molecule is CC1CCN(C2CC(OC[C@H]3CN(C)CCO3)C2)CC1. The Morgan fingerprint density at radius 2 is 1.90 bits per heavy atom. The Bertz CT molecular complexity index is 299. The first-order chi connectivity index (χ1) is 9.70. The van der Waals surface area contributed by atoms with E-state index in [1.807, 2.05) is 0 Å². The summed E-state index contributed by atoms with van der Waals surface area (Å²) in [6.45, 7) is 8.67. The molecule has 0 unspecified atom stereocenters. The molecule has 0 N–H and O–H groups in total. The van der Waals surface area contributed by atoms with Gasteiger partial charge in [0.15, 0.2) is 0 Å². The molecule has 4 heteroatoms. The van der Waals surface area contributed by atoms with Crippen molar-refractivity contribution < 1.29 is 9.47 Å². The van der Waals surface area contributed by atoms with Gasteiger partial charge in [-0.25, -0.2) is 0 Å². The molecule has 0 aromatic carbocycles. The Kier molecular flexibility index (Phi) is 4.97. The maximum atomic E-state index is 6.03. The van der Waals surface area contributed by atoms with Gasteiger partial charge in [0.05, 0.1) is 25.4 Å². The second-order valence-corrected chi connectivity index (χ2v) is 7.05. The first kappa shape index (κ1) is 14.8. The van der Waals surface area contributed by atoms with Gasteiger partial charge in [0, 0.05) is 19.1 Å². The van der Waals surface area contributed by atoms with Crippen LogP contribution < -0.4 is 0 Å². The highest BCUT2D eigenvalue weighted by atomic mass is 16.5. The number of likely N-dealkylation sites (N-methyl/N-ethyl adjacent to an activating group) is 1. The van der Waals surface area contributed by atoms with Crippen LogP contribution in [0.4, 0.5) is 0 Å². The molecule has 3 aliphatic rings. The van der Waals surface area contributed by atoms with E-state index >= 15 is 0 Å². The highest BCUT2D eigenvalue weighted by Crippen LogP contribution is 2.31. The summed E-state index contributed by atoms with van der Waals surface area (Å²) in [5, 5.41) is 0. The van der Waals surface area contributed by atoms with Crippen molar-refractivity contribution >= 4 is 0 Å². The van der Waals surface area contributed by atoms with Crippen molar-refractivity contribution in [2.75, 3.05) is 46.4 Å². The fourth-order valence-electron chi connectivity index (χ4n) is 3.58. The van der Waals surface area contributed by atoms with E-state index in [0.717, 1.165) is 38.3 Å². The molecule has 1 saturated carbocycles. The molecule has 1 atom stereocenters. The van der Waals surface area contributed by atoms with Crippen LogP contribution in [0.2, 0.25) is 0 Å². The number of rotatable bonds is 4. The largest absolute Gasteiger partial charge is 0.375 e. The van der Waals surface area contributed by atoms with Crippen LogP contribution in [0.1, 0.15) is 32.6 Å². The number of likely N-dealkylation sites (tertiary alicyclic amines) is 1.